The Hall–Kier alpha value is -3.20. The third-order valence-electron chi connectivity index (χ3n) is 2.96. The van der Waals surface area contributed by atoms with Crippen LogP contribution in [0.15, 0.2) is 53.6 Å². The normalized spacial score (nSPS) is 10.7. The van der Waals surface area contributed by atoms with Gasteiger partial charge in [-0.2, -0.15) is 10.4 Å². The van der Waals surface area contributed by atoms with E-state index < -0.39 is 5.91 Å². The van der Waals surface area contributed by atoms with Gasteiger partial charge in [-0.25, -0.2) is 9.82 Å². The molecule has 0 spiro atoms. The number of benzene rings is 2. The molecule has 0 aliphatic carbocycles. The molecule has 0 bridgehead atoms. The van der Waals surface area contributed by atoms with Gasteiger partial charge >= 0.3 is 0 Å². The summed E-state index contributed by atoms with van der Waals surface area (Å²) >= 11 is 0. The summed E-state index contributed by atoms with van der Waals surface area (Å²) < 4.78 is 18.4. The van der Waals surface area contributed by atoms with Gasteiger partial charge in [-0.1, -0.05) is 24.3 Å². The van der Waals surface area contributed by atoms with Crippen LogP contribution in [0.1, 0.15) is 18.1 Å². The second-order valence-electron chi connectivity index (χ2n) is 4.64. The van der Waals surface area contributed by atoms with Crippen LogP contribution in [0, 0.1) is 17.1 Å². The quantitative estimate of drug-likeness (QED) is 0.681. The van der Waals surface area contributed by atoms with E-state index in [2.05, 4.69) is 10.5 Å². The maximum atomic E-state index is 13.1. The minimum atomic E-state index is -0.478. The molecule has 0 aliphatic rings. The minimum Gasteiger partial charge on any atom is -0.482 e. The average Bonchev–Trinajstić information content (AvgIpc) is 2.58. The number of para-hydroxylation sites is 1. The molecule has 23 heavy (non-hydrogen) atoms. The van der Waals surface area contributed by atoms with Gasteiger partial charge in [-0.3, -0.25) is 4.79 Å². The number of nitrogens with zero attached hydrogens (tertiary/aromatic N) is 2. The number of hydrazone groups is 1. The second kappa shape index (κ2) is 7.71. The van der Waals surface area contributed by atoms with Crippen molar-refractivity contribution in [3.63, 3.8) is 0 Å². The Labute approximate surface area is 133 Å². The second-order valence-corrected chi connectivity index (χ2v) is 4.64. The summed E-state index contributed by atoms with van der Waals surface area (Å²) in [7, 11) is 0. The monoisotopic (exact) mass is 311 g/mol. The largest absolute Gasteiger partial charge is 0.482 e. The van der Waals surface area contributed by atoms with E-state index in [0.29, 0.717) is 22.6 Å². The Morgan fingerprint density at radius 2 is 2.09 bits per heavy atom. The van der Waals surface area contributed by atoms with Crippen molar-refractivity contribution in [1.82, 2.24) is 5.43 Å². The fourth-order valence-corrected chi connectivity index (χ4v) is 1.78. The van der Waals surface area contributed by atoms with Crippen molar-refractivity contribution in [3.05, 3.63) is 65.5 Å². The standard InChI is InChI=1S/C17H14FN3O2/c1-12(13-6-4-7-15(18)9-13)20-21-17(22)11-23-16-8-3-2-5-14(16)10-19/h2-9H,11H2,1H3,(H,21,22)/b20-12+. The highest BCUT2D eigenvalue weighted by atomic mass is 19.1. The molecule has 0 aromatic heterocycles. The highest BCUT2D eigenvalue weighted by molar-refractivity contribution is 5.99. The van der Waals surface area contributed by atoms with Gasteiger partial charge in [0, 0.05) is 5.56 Å². The van der Waals surface area contributed by atoms with Crippen LogP contribution in [0.5, 0.6) is 5.75 Å². The van der Waals surface area contributed by atoms with Crippen molar-refractivity contribution in [2.45, 2.75) is 6.92 Å². The first-order valence-electron chi connectivity index (χ1n) is 6.81. The third kappa shape index (κ3) is 4.64. The van der Waals surface area contributed by atoms with E-state index in [9.17, 15) is 9.18 Å². The third-order valence-corrected chi connectivity index (χ3v) is 2.96. The number of carbonyl (C=O) groups excluding carboxylic acids is 1. The number of nitrogens with one attached hydrogen (secondary N) is 1. The van der Waals surface area contributed by atoms with E-state index in [4.69, 9.17) is 10.00 Å². The van der Waals surface area contributed by atoms with Crippen LogP contribution in [0.3, 0.4) is 0 Å². The molecule has 1 N–H and O–H groups in total. The lowest BCUT2D eigenvalue weighted by Gasteiger charge is -2.07. The highest BCUT2D eigenvalue weighted by Gasteiger charge is 2.06. The van der Waals surface area contributed by atoms with E-state index in [1.807, 2.05) is 6.07 Å². The van der Waals surface area contributed by atoms with E-state index >= 15 is 0 Å². The Morgan fingerprint density at radius 3 is 2.83 bits per heavy atom. The van der Waals surface area contributed by atoms with Gasteiger partial charge in [0.25, 0.3) is 5.91 Å². The summed E-state index contributed by atoms with van der Waals surface area (Å²) in [6, 6.07) is 14.5. The van der Waals surface area contributed by atoms with Crippen LogP contribution in [-0.4, -0.2) is 18.2 Å². The zero-order chi connectivity index (χ0) is 16.7. The molecule has 2 rings (SSSR count). The number of amides is 1. The van der Waals surface area contributed by atoms with Crippen molar-refractivity contribution in [3.8, 4) is 11.8 Å². The molecule has 2 aromatic rings. The zero-order valence-corrected chi connectivity index (χ0v) is 12.4. The van der Waals surface area contributed by atoms with Gasteiger partial charge in [0.1, 0.15) is 17.6 Å². The molecule has 5 nitrogen and oxygen atoms in total. The molecule has 6 heteroatoms. The Kier molecular flexibility index (Phi) is 5.42. The van der Waals surface area contributed by atoms with Crippen LogP contribution in [-0.2, 0) is 4.79 Å². The van der Waals surface area contributed by atoms with E-state index in [1.165, 1.54) is 12.1 Å². The topological polar surface area (TPSA) is 74.5 Å². The molecule has 0 heterocycles. The summed E-state index contributed by atoms with van der Waals surface area (Å²) in [6.45, 7) is 1.37. The predicted molar refractivity (Wildman–Crippen MR) is 83.4 cm³/mol. The molecule has 0 saturated heterocycles. The number of hydrogen-bond acceptors (Lipinski definition) is 4. The number of nitriles is 1. The first-order valence-corrected chi connectivity index (χ1v) is 6.81. The van der Waals surface area contributed by atoms with Crippen molar-refractivity contribution in [2.75, 3.05) is 6.61 Å². The molecule has 116 valence electrons. The zero-order valence-electron chi connectivity index (χ0n) is 12.4. The molecule has 2 aromatic carbocycles. The van der Waals surface area contributed by atoms with Crippen LogP contribution in [0.2, 0.25) is 0 Å². The average molecular weight is 311 g/mol. The van der Waals surface area contributed by atoms with Gasteiger partial charge in [0.15, 0.2) is 6.61 Å². The highest BCUT2D eigenvalue weighted by Crippen LogP contribution is 2.16. The summed E-state index contributed by atoms with van der Waals surface area (Å²) in [6.07, 6.45) is 0. The molecule has 0 unspecified atom stereocenters. The Morgan fingerprint density at radius 1 is 1.30 bits per heavy atom. The predicted octanol–water partition coefficient (Wildman–Crippen LogP) is 2.62. The van der Waals surface area contributed by atoms with Crippen LogP contribution < -0.4 is 10.2 Å². The maximum Gasteiger partial charge on any atom is 0.277 e. The fourth-order valence-electron chi connectivity index (χ4n) is 1.78. The molecular weight excluding hydrogens is 297 g/mol. The smallest absolute Gasteiger partial charge is 0.277 e. The first kappa shape index (κ1) is 16.2. The first-order chi connectivity index (χ1) is 11.1. The maximum absolute atomic E-state index is 13.1. The summed E-state index contributed by atoms with van der Waals surface area (Å²) in [5, 5.41) is 12.8. The molecular formula is C17H14FN3O2. The molecule has 0 aliphatic heterocycles. The van der Waals surface area contributed by atoms with E-state index in [1.54, 1.807) is 43.3 Å². The summed E-state index contributed by atoms with van der Waals surface area (Å²) in [5.41, 5.74) is 3.71. The lowest BCUT2D eigenvalue weighted by molar-refractivity contribution is -0.123. The van der Waals surface area contributed by atoms with Crippen LogP contribution in [0.4, 0.5) is 4.39 Å². The molecule has 1 amide bonds. The van der Waals surface area contributed by atoms with E-state index in [-0.39, 0.29) is 12.4 Å². The van der Waals surface area contributed by atoms with Crippen molar-refractivity contribution in [1.29, 1.82) is 5.26 Å². The number of hydrogen-bond donors (Lipinski definition) is 1. The summed E-state index contributed by atoms with van der Waals surface area (Å²) in [4.78, 5) is 11.7. The van der Waals surface area contributed by atoms with Crippen LogP contribution in [0.25, 0.3) is 0 Å². The summed E-state index contributed by atoms with van der Waals surface area (Å²) in [5.74, 6) is -0.524. The fraction of sp³-hybridized carbons (Fsp3) is 0.118. The molecule has 0 radical (unpaired) electrons. The van der Waals surface area contributed by atoms with E-state index in [0.717, 1.165) is 0 Å². The van der Waals surface area contributed by atoms with Crippen molar-refractivity contribution < 1.29 is 13.9 Å². The molecule has 0 saturated carbocycles. The van der Waals surface area contributed by atoms with Crippen molar-refractivity contribution >= 4 is 11.6 Å². The number of halogens is 1. The minimum absolute atomic E-state index is 0.279. The Balaban J connectivity index is 1.92. The number of carbonyl (C=O) groups is 1. The van der Waals surface area contributed by atoms with Gasteiger partial charge in [-0.05, 0) is 31.2 Å². The van der Waals surface area contributed by atoms with Gasteiger partial charge in [0.2, 0.25) is 0 Å². The lowest BCUT2D eigenvalue weighted by atomic mass is 10.1. The number of rotatable bonds is 5. The molecule has 0 atom stereocenters. The Bertz CT molecular complexity index is 781. The molecule has 0 fully saturated rings. The SMILES string of the molecule is C/C(=N\NC(=O)COc1ccccc1C#N)c1cccc(F)c1. The van der Waals surface area contributed by atoms with Gasteiger partial charge < -0.3 is 4.74 Å². The van der Waals surface area contributed by atoms with Gasteiger partial charge in [-0.15, -0.1) is 0 Å². The van der Waals surface area contributed by atoms with Crippen molar-refractivity contribution in [2.24, 2.45) is 5.10 Å². The van der Waals surface area contributed by atoms with Gasteiger partial charge in [0.05, 0.1) is 11.3 Å². The van der Waals surface area contributed by atoms with Crippen LogP contribution >= 0.6 is 0 Å². The number of ether oxygens (including phenoxy) is 1. The lowest BCUT2D eigenvalue weighted by Crippen LogP contribution is -2.25.